The van der Waals surface area contributed by atoms with Crippen LogP contribution in [0.25, 0.3) is 21.8 Å². The van der Waals surface area contributed by atoms with E-state index in [0.717, 1.165) is 0 Å². The maximum Gasteiger partial charge on any atom is 0.326 e. The Balaban J connectivity index is 1.75. The van der Waals surface area contributed by atoms with Gasteiger partial charge >= 0.3 is 5.97 Å². The second-order valence-corrected chi connectivity index (χ2v) is 6.86. The summed E-state index contributed by atoms with van der Waals surface area (Å²) in [6, 6.07) is 22.2. The third kappa shape index (κ3) is 3.56. The summed E-state index contributed by atoms with van der Waals surface area (Å²) in [6.07, 6.45) is 0.00571. The normalized spacial score (nSPS) is 11.7. The van der Waals surface area contributed by atoms with Crippen molar-refractivity contribution in [1.82, 2.24) is 10.3 Å². The molecule has 0 unspecified atom stereocenters. The molecule has 0 saturated carbocycles. The summed E-state index contributed by atoms with van der Waals surface area (Å²) in [5, 5.41) is 22.9. The maximum absolute atomic E-state index is 13.3. The van der Waals surface area contributed by atoms with Crippen molar-refractivity contribution >= 4 is 33.7 Å². The maximum atomic E-state index is 13.3. The van der Waals surface area contributed by atoms with Gasteiger partial charge in [0.15, 0.2) is 0 Å². The zero-order valence-corrected chi connectivity index (χ0v) is 15.9. The van der Waals surface area contributed by atoms with Crippen molar-refractivity contribution < 1.29 is 14.7 Å². The Morgan fingerprint density at radius 1 is 0.933 bits per heavy atom. The summed E-state index contributed by atoms with van der Waals surface area (Å²) in [6.45, 7) is 0. The Labute approximate surface area is 172 Å². The largest absolute Gasteiger partial charge is 0.480 e. The number of amides is 1. The molecule has 1 amide bonds. The number of pyridine rings is 1. The number of nitriles is 1. The molecule has 2 N–H and O–H groups in total. The number of fused-ring (bicyclic) bond motifs is 2. The average molecular weight is 395 g/mol. The zero-order chi connectivity index (χ0) is 21.1. The van der Waals surface area contributed by atoms with Crippen molar-refractivity contribution in [1.29, 1.82) is 5.26 Å². The van der Waals surface area contributed by atoms with Crippen LogP contribution in [-0.4, -0.2) is 28.0 Å². The van der Waals surface area contributed by atoms with E-state index in [1.165, 1.54) is 0 Å². The van der Waals surface area contributed by atoms with Gasteiger partial charge in [-0.3, -0.25) is 4.79 Å². The first kappa shape index (κ1) is 19.1. The first-order valence-electron chi connectivity index (χ1n) is 9.37. The molecule has 1 atom stereocenters. The minimum Gasteiger partial charge on any atom is -0.480 e. The van der Waals surface area contributed by atoms with E-state index in [4.69, 9.17) is 0 Å². The monoisotopic (exact) mass is 395 g/mol. The Hall–Kier alpha value is -4.24. The van der Waals surface area contributed by atoms with Crippen molar-refractivity contribution in [3.8, 4) is 6.07 Å². The van der Waals surface area contributed by atoms with Crippen LogP contribution in [0.3, 0.4) is 0 Å². The molecule has 0 spiro atoms. The van der Waals surface area contributed by atoms with Crippen LogP contribution in [0.4, 0.5) is 0 Å². The van der Waals surface area contributed by atoms with Crippen molar-refractivity contribution in [3.63, 3.8) is 0 Å². The predicted octanol–water partition coefficient (Wildman–Crippen LogP) is 3.69. The molecule has 3 aromatic carbocycles. The van der Waals surface area contributed by atoms with Crippen LogP contribution < -0.4 is 5.32 Å². The van der Waals surface area contributed by atoms with Gasteiger partial charge in [-0.1, -0.05) is 54.6 Å². The van der Waals surface area contributed by atoms with Gasteiger partial charge in [0.1, 0.15) is 6.04 Å². The fourth-order valence-electron chi connectivity index (χ4n) is 3.54. The lowest BCUT2D eigenvalue weighted by molar-refractivity contribution is -0.139. The van der Waals surface area contributed by atoms with Gasteiger partial charge in [0, 0.05) is 17.2 Å². The quantitative estimate of drug-likeness (QED) is 0.502. The van der Waals surface area contributed by atoms with Crippen molar-refractivity contribution in [2.45, 2.75) is 12.5 Å². The first-order chi connectivity index (χ1) is 14.6. The molecule has 0 radical (unpaired) electrons. The molecule has 0 aliphatic rings. The second-order valence-electron chi connectivity index (χ2n) is 6.86. The number of para-hydroxylation sites is 2. The molecule has 4 rings (SSSR count). The molecule has 0 aliphatic heterocycles. The Kier molecular flexibility index (Phi) is 5.10. The Morgan fingerprint density at radius 3 is 2.10 bits per heavy atom. The molecular formula is C24H17N3O3. The number of hydrogen-bond donors (Lipinski definition) is 2. The van der Waals surface area contributed by atoms with Crippen LogP contribution in [0.15, 0.2) is 72.8 Å². The minimum absolute atomic E-state index is 0.00571. The number of nitrogens with one attached hydrogen (secondary N) is 1. The summed E-state index contributed by atoms with van der Waals surface area (Å²) in [5.41, 5.74) is 2.65. The highest BCUT2D eigenvalue weighted by molar-refractivity contribution is 6.16. The van der Waals surface area contributed by atoms with E-state index in [0.29, 0.717) is 38.5 Å². The van der Waals surface area contributed by atoms with Crippen LogP contribution in [-0.2, 0) is 11.2 Å². The van der Waals surface area contributed by atoms with Crippen LogP contribution in [0, 0.1) is 11.3 Å². The van der Waals surface area contributed by atoms with E-state index in [9.17, 15) is 20.0 Å². The molecular weight excluding hydrogens is 378 g/mol. The number of nitrogens with zero attached hydrogens (tertiary/aromatic N) is 2. The van der Waals surface area contributed by atoms with E-state index in [-0.39, 0.29) is 6.42 Å². The lowest BCUT2D eigenvalue weighted by Crippen LogP contribution is -2.42. The number of carbonyl (C=O) groups is 2. The molecule has 30 heavy (non-hydrogen) atoms. The van der Waals surface area contributed by atoms with Gasteiger partial charge in [0.2, 0.25) is 0 Å². The van der Waals surface area contributed by atoms with Crippen LogP contribution in [0.2, 0.25) is 0 Å². The molecule has 146 valence electrons. The highest BCUT2D eigenvalue weighted by Gasteiger charge is 2.24. The van der Waals surface area contributed by atoms with Gasteiger partial charge in [-0.15, -0.1) is 0 Å². The number of carboxylic acid groups (broad SMARTS) is 1. The van der Waals surface area contributed by atoms with E-state index in [2.05, 4.69) is 16.4 Å². The number of aromatic nitrogens is 1. The first-order valence-corrected chi connectivity index (χ1v) is 9.37. The molecule has 4 aromatic rings. The van der Waals surface area contributed by atoms with Gasteiger partial charge in [0.05, 0.1) is 28.2 Å². The summed E-state index contributed by atoms with van der Waals surface area (Å²) in [7, 11) is 0. The molecule has 6 nitrogen and oxygen atoms in total. The molecule has 0 aliphatic carbocycles. The fraction of sp³-hybridized carbons (Fsp3) is 0.0833. The highest BCUT2D eigenvalue weighted by atomic mass is 16.4. The number of carbonyl (C=O) groups excluding carboxylic acids is 1. The molecule has 1 heterocycles. The van der Waals surface area contributed by atoms with Crippen molar-refractivity contribution in [3.05, 3.63) is 89.5 Å². The van der Waals surface area contributed by atoms with Gasteiger partial charge in [-0.05, 0) is 23.8 Å². The molecule has 6 heteroatoms. The zero-order valence-electron chi connectivity index (χ0n) is 15.9. The van der Waals surface area contributed by atoms with Gasteiger partial charge in [-0.25, -0.2) is 9.78 Å². The van der Waals surface area contributed by atoms with Crippen molar-refractivity contribution in [2.24, 2.45) is 0 Å². The minimum atomic E-state index is -1.18. The fourth-order valence-corrected chi connectivity index (χ4v) is 3.54. The lowest BCUT2D eigenvalue weighted by Gasteiger charge is -2.17. The lowest BCUT2D eigenvalue weighted by atomic mass is 9.99. The summed E-state index contributed by atoms with van der Waals surface area (Å²) in [5.74, 6) is -1.66. The number of rotatable bonds is 5. The summed E-state index contributed by atoms with van der Waals surface area (Å²) >= 11 is 0. The highest BCUT2D eigenvalue weighted by Crippen LogP contribution is 2.26. The van der Waals surface area contributed by atoms with Crippen LogP contribution >= 0.6 is 0 Å². The van der Waals surface area contributed by atoms with E-state index in [1.54, 1.807) is 36.4 Å². The van der Waals surface area contributed by atoms with Crippen LogP contribution in [0.1, 0.15) is 21.5 Å². The van der Waals surface area contributed by atoms with Gasteiger partial charge < -0.3 is 10.4 Å². The smallest absolute Gasteiger partial charge is 0.326 e. The third-order valence-electron chi connectivity index (χ3n) is 4.98. The average Bonchev–Trinajstić information content (AvgIpc) is 2.77. The number of benzene rings is 3. The predicted molar refractivity (Wildman–Crippen MR) is 113 cm³/mol. The third-order valence-corrected chi connectivity index (χ3v) is 4.98. The summed E-state index contributed by atoms with van der Waals surface area (Å²) in [4.78, 5) is 29.7. The van der Waals surface area contributed by atoms with Gasteiger partial charge in [-0.2, -0.15) is 5.26 Å². The second kappa shape index (κ2) is 8.02. The Bertz CT molecular complexity index is 1270. The topological polar surface area (TPSA) is 103 Å². The molecule has 0 fully saturated rings. The standard InChI is InChI=1S/C24H17N3O3/c25-14-16-8-2-1-7-15(16)13-21(24(29)30)27-23(28)22-17-9-3-5-11-19(17)26-20-12-6-4-10-18(20)22/h1-12,21H,13H2,(H,27,28)(H,29,30)/t21-/m1/s1. The molecule has 1 aromatic heterocycles. The summed E-state index contributed by atoms with van der Waals surface area (Å²) < 4.78 is 0. The SMILES string of the molecule is N#Cc1ccccc1C[C@@H](NC(=O)c1c2ccccc2nc2ccccc12)C(=O)O. The number of hydrogen-bond acceptors (Lipinski definition) is 4. The van der Waals surface area contributed by atoms with E-state index in [1.807, 2.05) is 36.4 Å². The van der Waals surface area contributed by atoms with Gasteiger partial charge in [0.25, 0.3) is 5.91 Å². The van der Waals surface area contributed by atoms with E-state index < -0.39 is 17.9 Å². The Morgan fingerprint density at radius 2 is 1.50 bits per heavy atom. The van der Waals surface area contributed by atoms with Crippen LogP contribution in [0.5, 0.6) is 0 Å². The number of carboxylic acids is 1. The number of aliphatic carboxylic acids is 1. The molecule has 0 bridgehead atoms. The molecule has 0 saturated heterocycles. The van der Waals surface area contributed by atoms with Crippen molar-refractivity contribution in [2.75, 3.05) is 0 Å². The van der Waals surface area contributed by atoms with E-state index >= 15 is 0 Å².